The molecule has 0 spiro atoms. The maximum Gasteiger partial charge on any atom is 0.416 e. The highest BCUT2D eigenvalue weighted by atomic mass is 19.4. The van der Waals surface area contributed by atoms with E-state index in [0.29, 0.717) is 12.0 Å². The minimum atomic E-state index is -4.28. The minimum absolute atomic E-state index is 0.0638. The fourth-order valence-corrected chi connectivity index (χ4v) is 4.25. The Morgan fingerprint density at radius 1 is 1.00 bits per heavy atom. The summed E-state index contributed by atoms with van der Waals surface area (Å²) in [5, 5.41) is 0. The zero-order chi connectivity index (χ0) is 21.0. The third kappa shape index (κ3) is 5.52. The van der Waals surface area contributed by atoms with Gasteiger partial charge in [0.25, 0.3) is 0 Å². The SMILES string of the molecule is CC/C(C)=C/c1cc(CCc2ccc(C3CCCC3)c(C(F)(F)F)c2)ccc1C. The second kappa shape index (κ2) is 9.19. The van der Waals surface area contributed by atoms with Gasteiger partial charge in [-0.05, 0) is 85.8 Å². The van der Waals surface area contributed by atoms with Crippen molar-refractivity contribution < 1.29 is 13.2 Å². The van der Waals surface area contributed by atoms with Crippen molar-refractivity contribution >= 4 is 6.08 Å². The summed E-state index contributed by atoms with van der Waals surface area (Å²) < 4.78 is 41.1. The van der Waals surface area contributed by atoms with Gasteiger partial charge in [0.1, 0.15) is 0 Å². The number of rotatable bonds is 6. The molecule has 0 N–H and O–H groups in total. The molecule has 1 fully saturated rings. The molecule has 0 unspecified atom stereocenters. The van der Waals surface area contributed by atoms with E-state index in [9.17, 15) is 13.2 Å². The normalized spacial score (nSPS) is 15.9. The highest BCUT2D eigenvalue weighted by Gasteiger charge is 2.36. The Kier molecular flexibility index (Phi) is 6.87. The summed E-state index contributed by atoms with van der Waals surface area (Å²) >= 11 is 0. The molecule has 3 rings (SSSR count). The van der Waals surface area contributed by atoms with Crippen LogP contribution in [0.25, 0.3) is 6.08 Å². The highest BCUT2D eigenvalue weighted by molar-refractivity contribution is 5.57. The van der Waals surface area contributed by atoms with Gasteiger partial charge in [0, 0.05) is 0 Å². The quantitative estimate of drug-likeness (QED) is 0.458. The van der Waals surface area contributed by atoms with Crippen molar-refractivity contribution in [2.45, 2.75) is 77.8 Å². The van der Waals surface area contributed by atoms with E-state index in [1.807, 2.05) is 6.07 Å². The van der Waals surface area contributed by atoms with E-state index in [0.717, 1.165) is 44.1 Å². The Balaban J connectivity index is 1.80. The van der Waals surface area contributed by atoms with E-state index in [4.69, 9.17) is 0 Å². The molecular weight excluding hydrogens is 369 g/mol. The average molecular weight is 401 g/mol. The third-order valence-corrected chi connectivity index (χ3v) is 6.22. The lowest BCUT2D eigenvalue weighted by Crippen LogP contribution is -2.12. The lowest BCUT2D eigenvalue weighted by molar-refractivity contribution is -0.138. The minimum Gasteiger partial charge on any atom is -0.166 e. The van der Waals surface area contributed by atoms with Crippen molar-refractivity contribution in [1.29, 1.82) is 0 Å². The summed E-state index contributed by atoms with van der Waals surface area (Å²) in [4.78, 5) is 0. The highest BCUT2D eigenvalue weighted by Crippen LogP contribution is 2.42. The zero-order valence-electron chi connectivity index (χ0n) is 17.7. The van der Waals surface area contributed by atoms with Crippen molar-refractivity contribution in [2.24, 2.45) is 0 Å². The molecule has 0 aromatic heterocycles. The second-order valence-electron chi connectivity index (χ2n) is 8.44. The maximum absolute atomic E-state index is 13.7. The number of halogens is 3. The molecule has 1 aliphatic rings. The van der Waals surface area contributed by atoms with E-state index >= 15 is 0 Å². The summed E-state index contributed by atoms with van der Waals surface area (Å²) in [6.07, 6.45) is 4.11. The largest absolute Gasteiger partial charge is 0.416 e. The summed E-state index contributed by atoms with van der Waals surface area (Å²) in [6.45, 7) is 6.35. The van der Waals surface area contributed by atoms with Crippen LogP contribution in [0.15, 0.2) is 42.0 Å². The van der Waals surface area contributed by atoms with Gasteiger partial charge < -0.3 is 0 Å². The molecule has 2 aromatic carbocycles. The van der Waals surface area contributed by atoms with Crippen molar-refractivity contribution in [3.8, 4) is 0 Å². The van der Waals surface area contributed by atoms with Crippen LogP contribution in [0.4, 0.5) is 13.2 Å². The number of benzene rings is 2. The third-order valence-electron chi connectivity index (χ3n) is 6.22. The molecule has 2 aromatic rings. The predicted molar refractivity (Wildman–Crippen MR) is 115 cm³/mol. The van der Waals surface area contributed by atoms with Crippen LogP contribution < -0.4 is 0 Å². The molecule has 0 bridgehead atoms. The molecule has 3 heteroatoms. The van der Waals surface area contributed by atoms with Gasteiger partial charge in [-0.2, -0.15) is 13.2 Å². The average Bonchev–Trinajstić information content (AvgIpc) is 3.22. The van der Waals surface area contributed by atoms with Gasteiger partial charge in [-0.1, -0.05) is 61.7 Å². The Morgan fingerprint density at radius 3 is 2.24 bits per heavy atom. The smallest absolute Gasteiger partial charge is 0.166 e. The molecule has 29 heavy (non-hydrogen) atoms. The summed E-state index contributed by atoms with van der Waals surface area (Å²) in [5.41, 5.74) is 5.75. The lowest BCUT2D eigenvalue weighted by Gasteiger charge is -2.19. The van der Waals surface area contributed by atoms with Crippen molar-refractivity contribution in [1.82, 2.24) is 0 Å². The van der Waals surface area contributed by atoms with Gasteiger partial charge in [0.2, 0.25) is 0 Å². The van der Waals surface area contributed by atoms with Crippen LogP contribution in [0.5, 0.6) is 0 Å². The van der Waals surface area contributed by atoms with E-state index in [-0.39, 0.29) is 5.92 Å². The molecule has 1 aliphatic carbocycles. The monoisotopic (exact) mass is 400 g/mol. The Hall–Kier alpha value is -2.03. The Labute approximate surface area is 172 Å². The van der Waals surface area contributed by atoms with Gasteiger partial charge in [0.05, 0.1) is 5.56 Å². The molecule has 0 nitrogen and oxygen atoms in total. The lowest BCUT2D eigenvalue weighted by atomic mass is 9.90. The fraction of sp³-hybridized carbons (Fsp3) is 0.462. The zero-order valence-corrected chi connectivity index (χ0v) is 17.7. The van der Waals surface area contributed by atoms with Crippen LogP contribution >= 0.6 is 0 Å². The molecular formula is C26H31F3. The first-order valence-electron chi connectivity index (χ1n) is 10.7. The van der Waals surface area contributed by atoms with Crippen LogP contribution in [-0.2, 0) is 19.0 Å². The molecule has 156 valence electrons. The van der Waals surface area contributed by atoms with Crippen LogP contribution in [0.2, 0.25) is 0 Å². The molecule has 0 aliphatic heterocycles. The predicted octanol–water partition coefficient (Wildman–Crippen LogP) is 8.27. The Bertz CT molecular complexity index is 868. The van der Waals surface area contributed by atoms with Gasteiger partial charge in [-0.25, -0.2) is 0 Å². The van der Waals surface area contributed by atoms with Crippen molar-refractivity contribution in [2.75, 3.05) is 0 Å². The number of hydrogen-bond donors (Lipinski definition) is 0. The van der Waals surface area contributed by atoms with Gasteiger partial charge in [-0.3, -0.25) is 0 Å². The molecule has 0 radical (unpaired) electrons. The second-order valence-corrected chi connectivity index (χ2v) is 8.44. The first kappa shape index (κ1) is 21.7. The molecule has 0 heterocycles. The van der Waals surface area contributed by atoms with Crippen LogP contribution in [0.3, 0.4) is 0 Å². The fourth-order valence-electron chi connectivity index (χ4n) is 4.25. The number of alkyl halides is 3. The van der Waals surface area contributed by atoms with E-state index in [2.05, 4.69) is 45.0 Å². The molecule has 0 atom stereocenters. The standard InChI is InChI=1S/C26H31F3/c1-4-18(2)15-23-16-20(10-9-19(23)3)11-12-21-13-14-24(22-7-5-6-8-22)25(17-21)26(27,28)29/h9-10,13-17,22H,4-8,11-12H2,1-3H3/b18-15+. The molecule has 0 amide bonds. The molecule has 0 saturated heterocycles. The summed E-state index contributed by atoms with van der Waals surface area (Å²) in [6, 6.07) is 11.4. The Morgan fingerprint density at radius 2 is 1.62 bits per heavy atom. The van der Waals surface area contributed by atoms with Gasteiger partial charge >= 0.3 is 6.18 Å². The first-order chi connectivity index (χ1) is 13.8. The van der Waals surface area contributed by atoms with Crippen molar-refractivity contribution in [3.63, 3.8) is 0 Å². The number of hydrogen-bond acceptors (Lipinski definition) is 0. The van der Waals surface area contributed by atoms with E-state index in [1.165, 1.54) is 28.3 Å². The van der Waals surface area contributed by atoms with Crippen LogP contribution in [0.1, 0.15) is 85.3 Å². The number of aryl methyl sites for hydroxylation is 3. The first-order valence-corrected chi connectivity index (χ1v) is 10.7. The summed E-state index contributed by atoms with van der Waals surface area (Å²) in [5.74, 6) is 0.0638. The topological polar surface area (TPSA) is 0 Å². The van der Waals surface area contributed by atoms with Crippen molar-refractivity contribution in [3.05, 3.63) is 75.4 Å². The summed E-state index contributed by atoms with van der Waals surface area (Å²) in [7, 11) is 0. The van der Waals surface area contributed by atoms with E-state index in [1.54, 1.807) is 6.07 Å². The van der Waals surface area contributed by atoms with Crippen LogP contribution in [-0.4, -0.2) is 0 Å². The molecule has 1 saturated carbocycles. The van der Waals surface area contributed by atoms with Gasteiger partial charge in [0.15, 0.2) is 0 Å². The van der Waals surface area contributed by atoms with Gasteiger partial charge in [-0.15, -0.1) is 0 Å². The van der Waals surface area contributed by atoms with Crippen LogP contribution in [0, 0.1) is 6.92 Å². The maximum atomic E-state index is 13.7. The van der Waals surface area contributed by atoms with E-state index < -0.39 is 11.7 Å². The number of allylic oxidation sites excluding steroid dienone is 1.